The summed E-state index contributed by atoms with van der Waals surface area (Å²) in [4.78, 5) is 4.00. The van der Waals surface area contributed by atoms with Gasteiger partial charge in [-0.25, -0.2) is 4.98 Å². The molecule has 0 bridgehead atoms. The maximum absolute atomic E-state index is 8.41. The summed E-state index contributed by atoms with van der Waals surface area (Å²) in [5.74, 6) is 0.539. The summed E-state index contributed by atoms with van der Waals surface area (Å²) < 4.78 is 5.71. The smallest absolute Gasteiger partial charge is 0.227 e. The van der Waals surface area contributed by atoms with Crippen molar-refractivity contribution in [2.45, 2.75) is 6.42 Å². The second-order valence-electron chi connectivity index (χ2n) is 2.17. The summed E-state index contributed by atoms with van der Waals surface area (Å²) in [6.45, 7) is 0. The van der Waals surface area contributed by atoms with Crippen LogP contribution >= 0.6 is 15.9 Å². The zero-order valence-electron chi connectivity index (χ0n) is 6.54. The highest BCUT2D eigenvalue weighted by molar-refractivity contribution is 9.10. The molecule has 0 amide bonds. The second kappa shape index (κ2) is 4.07. The highest BCUT2D eigenvalue weighted by atomic mass is 79.9. The number of hydrogen-bond acceptors (Lipinski definition) is 3. The van der Waals surface area contributed by atoms with Crippen molar-refractivity contribution in [1.82, 2.24) is 4.98 Å². The number of pyridine rings is 1. The lowest BCUT2D eigenvalue weighted by atomic mass is 10.2. The van der Waals surface area contributed by atoms with Crippen molar-refractivity contribution in [3.05, 3.63) is 22.3 Å². The third-order valence-corrected chi connectivity index (χ3v) is 1.91. The van der Waals surface area contributed by atoms with E-state index in [0.29, 0.717) is 12.3 Å². The molecule has 0 unspecified atom stereocenters. The van der Waals surface area contributed by atoms with Crippen LogP contribution in [-0.4, -0.2) is 12.1 Å². The molecule has 0 spiro atoms. The Morgan fingerprint density at radius 3 is 3.00 bits per heavy atom. The van der Waals surface area contributed by atoms with E-state index in [4.69, 9.17) is 10.00 Å². The van der Waals surface area contributed by atoms with Gasteiger partial charge in [0.25, 0.3) is 0 Å². The Hall–Kier alpha value is -1.08. The highest BCUT2D eigenvalue weighted by Crippen LogP contribution is 2.22. The largest absolute Gasteiger partial charge is 0.480 e. The molecule has 0 aliphatic heterocycles. The quantitative estimate of drug-likeness (QED) is 0.775. The molecule has 0 fully saturated rings. The first-order valence-corrected chi connectivity index (χ1v) is 4.12. The van der Waals surface area contributed by atoms with Crippen LogP contribution in [-0.2, 0) is 6.42 Å². The van der Waals surface area contributed by atoms with E-state index in [-0.39, 0.29) is 0 Å². The van der Waals surface area contributed by atoms with E-state index >= 15 is 0 Å². The minimum absolute atomic E-state index is 0.371. The van der Waals surface area contributed by atoms with Crippen LogP contribution in [0.25, 0.3) is 0 Å². The van der Waals surface area contributed by atoms with Crippen LogP contribution < -0.4 is 4.74 Å². The van der Waals surface area contributed by atoms with Crippen LogP contribution in [0, 0.1) is 11.3 Å². The number of ether oxygens (including phenoxy) is 1. The van der Waals surface area contributed by atoms with Crippen molar-refractivity contribution >= 4 is 15.9 Å². The maximum atomic E-state index is 8.41. The Kier molecular flexibility index (Phi) is 3.06. The van der Waals surface area contributed by atoms with E-state index in [1.54, 1.807) is 13.3 Å². The molecule has 1 heterocycles. The Bertz CT molecular complexity index is 319. The fourth-order valence-corrected chi connectivity index (χ4v) is 1.36. The van der Waals surface area contributed by atoms with Gasteiger partial charge in [-0.05, 0) is 27.6 Å². The van der Waals surface area contributed by atoms with E-state index in [9.17, 15) is 0 Å². The van der Waals surface area contributed by atoms with Gasteiger partial charge in [0, 0.05) is 6.20 Å². The normalized spacial score (nSPS) is 9.08. The van der Waals surface area contributed by atoms with Crippen LogP contribution in [0.5, 0.6) is 5.88 Å². The third kappa shape index (κ3) is 1.95. The number of nitrogens with zero attached hydrogens (tertiary/aromatic N) is 2. The van der Waals surface area contributed by atoms with Crippen LogP contribution in [0.3, 0.4) is 0 Å². The second-order valence-corrected chi connectivity index (χ2v) is 3.02. The summed E-state index contributed by atoms with van der Waals surface area (Å²) in [5.41, 5.74) is 0.880. The Morgan fingerprint density at radius 2 is 2.50 bits per heavy atom. The van der Waals surface area contributed by atoms with Gasteiger partial charge in [0.1, 0.15) is 0 Å². The highest BCUT2D eigenvalue weighted by Gasteiger charge is 2.01. The molecule has 3 nitrogen and oxygen atoms in total. The molecule has 4 heteroatoms. The zero-order valence-corrected chi connectivity index (χ0v) is 8.13. The number of halogens is 1. The van der Waals surface area contributed by atoms with E-state index in [1.807, 2.05) is 12.1 Å². The lowest BCUT2D eigenvalue weighted by molar-refractivity contribution is 0.395. The van der Waals surface area contributed by atoms with Crippen molar-refractivity contribution in [1.29, 1.82) is 5.26 Å². The molecule has 0 aromatic carbocycles. The topological polar surface area (TPSA) is 45.9 Å². The minimum atomic E-state index is 0.371. The van der Waals surface area contributed by atoms with Gasteiger partial charge in [0.05, 0.1) is 24.1 Å². The molecule has 0 aliphatic carbocycles. The molecule has 0 aliphatic rings. The first kappa shape index (κ1) is 9.01. The molecule has 1 aromatic rings. The monoisotopic (exact) mass is 226 g/mol. The lowest BCUT2D eigenvalue weighted by Crippen LogP contribution is -1.91. The summed E-state index contributed by atoms with van der Waals surface area (Å²) in [6.07, 6.45) is 2.00. The first-order chi connectivity index (χ1) is 5.77. The number of aromatic nitrogens is 1. The summed E-state index contributed by atoms with van der Waals surface area (Å²) >= 11 is 3.28. The Morgan fingerprint density at radius 1 is 1.75 bits per heavy atom. The number of nitriles is 1. The van der Waals surface area contributed by atoms with Gasteiger partial charge in [0.2, 0.25) is 5.88 Å². The molecular weight excluding hydrogens is 220 g/mol. The summed E-state index contributed by atoms with van der Waals surface area (Å²) in [6, 6.07) is 3.88. The minimum Gasteiger partial charge on any atom is -0.480 e. The maximum Gasteiger partial charge on any atom is 0.227 e. The molecule has 1 aromatic heterocycles. The predicted molar refractivity (Wildman–Crippen MR) is 47.8 cm³/mol. The molecule has 12 heavy (non-hydrogen) atoms. The van der Waals surface area contributed by atoms with Gasteiger partial charge >= 0.3 is 0 Å². The van der Waals surface area contributed by atoms with Crippen molar-refractivity contribution in [3.63, 3.8) is 0 Å². The molecular formula is C8H7BrN2O. The third-order valence-electron chi connectivity index (χ3n) is 1.34. The average Bonchev–Trinajstić information content (AvgIpc) is 2.05. The van der Waals surface area contributed by atoms with Gasteiger partial charge in [-0.2, -0.15) is 5.26 Å². The Balaban J connectivity index is 2.95. The van der Waals surface area contributed by atoms with Crippen molar-refractivity contribution in [3.8, 4) is 11.9 Å². The van der Waals surface area contributed by atoms with Crippen LogP contribution in [0.2, 0.25) is 0 Å². The van der Waals surface area contributed by atoms with Gasteiger partial charge in [-0.1, -0.05) is 0 Å². The molecule has 0 radical (unpaired) electrons. The molecule has 0 saturated carbocycles. The van der Waals surface area contributed by atoms with Gasteiger partial charge in [-0.3, -0.25) is 0 Å². The molecule has 1 rings (SSSR count). The fourth-order valence-electron chi connectivity index (χ4n) is 0.803. The number of rotatable bonds is 2. The van der Waals surface area contributed by atoms with E-state index < -0.39 is 0 Å². The van der Waals surface area contributed by atoms with Crippen LogP contribution in [0.15, 0.2) is 16.7 Å². The molecule has 0 atom stereocenters. The first-order valence-electron chi connectivity index (χ1n) is 3.33. The van der Waals surface area contributed by atoms with Gasteiger partial charge in [-0.15, -0.1) is 0 Å². The lowest BCUT2D eigenvalue weighted by Gasteiger charge is -2.01. The van der Waals surface area contributed by atoms with E-state index in [0.717, 1.165) is 10.0 Å². The average molecular weight is 227 g/mol. The summed E-state index contributed by atoms with van der Waals surface area (Å²) in [7, 11) is 1.55. The van der Waals surface area contributed by atoms with Crippen LogP contribution in [0.1, 0.15) is 5.56 Å². The zero-order chi connectivity index (χ0) is 8.97. The number of methoxy groups -OCH3 is 1. The van der Waals surface area contributed by atoms with Crippen molar-refractivity contribution < 1.29 is 4.74 Å². The van der Waals surface area contributed by atoms with E-state index in [1.165, 1.54) is 0 Å². The van der Waals surface area contributed by atoms with Crippen molar-refractivity contribution in [2.24, 2.45) is 0 Å². The standard InChI is InChI=1S/C8H7BrN2O/c1-12-8-7(9)4-6(2-3-10)5-11-8/h4-5H,2H2,1H3. The fraction of sp³-hybridized carbons (Fsp3) is 0.250. The van der Waals surface area contributed by atoms with Gasteiger partial charge in [0.15, 0.2) is 0 Å². The molecule has 62 valence electrons. The SMILES string of the molecule is COc1ncc(CC#N)cc1Br. The Labute approximate surface area is 79.1 Å². The van der Waals surface area contributed by atoms with Crippen molar-refractivity contribution in [2.75, 3.05) is 7.11 Å². The molecule has 0 N–H and O–H groups in total. The predicted octanol–water partition coefficient (Wildman–Crippen LogP) is 1.92. The molecule has 0 saturated heterocycles. The van der Waals surface area contributed by atoms with Gasteiger partial charge < -0.3 is 4.74 Å². The van der Waals surface area contributed by atoms with E-state index in [2.05, 4.69) is 20.9 Å². The summed E-state index contributed by atoms with van der Waals surface area (Å²) in [5, 5.41) is 8.41. The van der Waals surface area contributed by atoms with Crippen LogP contribution in [0.4, 0.5) is 0 Å². The number of hydrogen-bond donors (Lipinski definition) is 0.